The summed E-state index contributed by atoms with van der Waals surface area (Å²) in [4.78, 5) is 80.4. The first-order valence-electron chi connectivity index (χ1n) is 19.7. The largest absolute Gasteiger partial charge is 0.453 e. The molecule has 2 fully saturated rings. The fourth-order valence-electron chi connectivity index (χ4n) is 7.83. The van der Waals surface area contributed by atoms with Crippen LogP contribution in [0.15, 0.2) is 61.1 Å². The van der Waals surface area contributed by atoms with Crippen LogP contribution >= 0.6 is 0 Å². The molecular formula is C42H50N10O6. The van der Waals surface area contributed by atoms with E-state index in [1.165, 1.54) is 14.2 Å². The van der Waals surface area contributed by atoms with Gasteiger partial charge in [-0.05, 0) is 55.2 Å². The number of amides is 4. The van der Waals surface area contributed by atoms with Crippen LogP contribution in [0.4, 0.5) is 9.59 Å². The summed E-state index contributed by atoms with van der Waals surface area (Å²) in [5, 5.41) is 6.25. The Morgan fingerprint density at radius 2 is 1.16 bits per heavy atom. The van der Waals surface area contributed by atoms with Crippen LogP contribution in [-0.4, -0.2) is 103 Å². The highest BCUT2D eigenvalue weighted by Crippen LogP contribution is 2.35. The van der Waals surface area contributed by atoms with E-state index in [1.54, 1.807) is 22.2 Å². The molecule has 4 N–H and O–H groups in total. The highest BCUT2D eigenvalue weighted by atomic mass is 16.5. The number of rotatable bonds is 11. The molecule has 0 spiro atoms. The van der Waals surface area contributed by atoms with Crippen molar-refractivity contribution in [1.29, 1.82) is 0 Å². The molecule has 2 aliphatic rings. The van der Waals surface area contributed by atoms with E-state index in [-0.39, 0.29) is 35.7 Å². The first-order chi connectivity index (χ1) is 27.9. The average molecular weight is 791 g/mol. The smallest absolute Gasteiger partial charge is 0.407 e. The number of H-pyrrole nitrogens is 2. The van der Waals surface area contributed by atoms with Gasteiger partial charge in [-0.15, -0.1) is 0 Å². The normalized spacial score (nSPS) is 17.8. The molecular weight excluding hydrogens is 741 g/mol. The number of methoxy groups -OCH3 is 2. The monoisotopic (exact) mass is 790 g/mol. The van der Waals surface area contributed by atoms with E-state index in [0.717, 1.165) is 64.7 Å². The van der Waals surface area contributed by atoms with E-state index in [9.17, 15) is 19.2 Å². The van der Waals surface area contributed by atoms with Gasteiger partial charge in [-0.2, -0.15) is 0 Å². The summed E-state index contributed by atoms with van der Waals surface area (Å²) in [5.41, 5.74) is 5.13. The van der Waals surface area contributed by atoms with Crippen molar-refractivity contribution in [2.24, 2.45) is 11.8 Å². The molecule has 0 aliphatic carbocycles. The second-order valence-corrected chi connectivity index (χ2v) is 15.5. The molecule has 2 saturated heterocycles. The maximum atomic E-state index is 13.6. The van der Waals surface area contributed by atoms with Gasteiger partial charge in [0.05, 0.1) is 55.6 Å². The number of aromatic nitrogens is 6. The molecule has 5 aromatic rings. The van der Waals surface area contributed by atoms with Crippen LogP contribution in [0.5, 0.6) is 0 Å². The Morgan fingerprint density at radius 3 is 1.66 bits per heavy atom. The van der Waals surface area contributed by atoms with Gasteiger partial charge < -0.3 is 39.9 Å². The first-order valence-corrected chi connectivity index (χ1v) is 19.7. The number of ether oxygens (including phenoxy) is 2. The number of hydrogen-bond acceptors (Lipinski definition) is 10. The van der Waals surface area contributed by atoms with Gasteiger partial charge in [0.25, 0.3) is 0 Å². The van der Waals surface area contributed by atoms with Crippen LogP contribution < -0.4 is 10.6 Å². The minimum absolute atomic E-state index is 0.114. The maximum absolute atomic E-state index is 13.6. The molecule has 0 saturated carbocycles. The first kappa shape index (κ1) is 39.9. The fraction of sp³-hybridized carbons (Fsp3) is 0.429. The number of likely N-dealkylation sites (tertiary alicyclic amines) is 2. The molecule has 0 radical (unpaired) electrons. The maximum Gasteiger partial charge on any atom is 0.407 e. The second kappa shape index (κ2) is 17.0. The zero-order chi connectivity index (χ0) is 41.1. The SMILES string of the molecule is COC(=O)N[C@H](C(=O)N1CCC[C@H]1c1ncc(-c2ccc3nc(-c4ccc(-c5cnc([C@H]6CCCN6C(=O)[C@H](NC(=O)OC)C(C)C)[nH]5)cc4)ncc3c2)[nH]1)C(C)C. The van der Waals surface area contributed by atoms with Gasteiger partial charge in [-0.3, -0.25) is 9.59 Å². The minimum atomic E-state index is -0.702. The lowest BCUT2D eigenvalue weighted by atomic mass is 10.0. The summed E-state index contributed by atoms with van der Waals surface area (Å²) in [6.07, 6.45) is 7.30. The lowest BCUT2D eigenvalue weighted by Gasteiger charge is -2.30. The molecule has 58 heavy (non-hydrogen) atoms. The van der Waals surface area contributed by atoms with E-state index in [1.807, 2.05) is 76.4 Å². The van der Waals surface area contributed by atoms with Crippen LogP contribution in [0.1, 0.15) is 77.1 Å². The standard InChI is InChI=1S/C42H50N10O6/c1-23(2)34(49-41(55)57-5)39(53)51-17-7-9-32(51)37-44-21-30(47-37)25-11-13-26(14-12-25)36-43-20-28-19-27(15-16-29(28)46-36)31-22-45-38(48-31)33-10-8-18-52(33)40(54)35(24(3)4)50-42(56)58-6/h11-16,19-24,32-35H,7-10,17-18H2,1-6H3,(H,44,47)(H,45,48)(H,49,55)(H,50,56)/t32-,33+,34-,35+/m1/s1. The summed E-state index contributed by atoms with van der Waals surface area (Å²) in [6.45, 7) is 8.74. The van der Waals surface area contributed by atoms with Crippen molar-refractivity contribution in [3.05, 3.63) is 72.7 Å². The molecule has 5 heterocycles. The summed E-state index contributed by atoms with van der Waals surface area (Å²) >= 11 is 0. The lowest BCUT2D eigenvalue weighted by Crippen LogP contribution is -2.51. The number of alkyl carbamates (subject to hydrolysis) is 2. The van der Waals surface area contributed by atoms with Crippen LogP contribution in [0.25, 0.3) is 44.8 Å². The zero-order valence-corrected chi connectivity index (χ0v) is 33.6. The number of imidazole rings is 2. The number of carbonyl (C=O) groups is 4. The van der Waals surface area contributed by atoms with Gasteiger partial charge in [-0.1, -0.05) is 58.0 Å². The number of nitrogens with zero attached hydrogens (tertiary/aromatic N) is 6. The Balaban J connectivity index is 1.02. The van der Waals surface area contributed by atoms with E-state index in [0.29, 0.717) is 30.6 Å². The number of fused-ring (bicyclic) bond motifs is 1. The van der Waals surface area contributed by atoms with Gasteiger partial charge >= 0.3 is 12.2 Å². The van der Waals surface area contributed by atoms with Crippen molar-refractivity contribution < 1.29 is 28.7 Å². The Hall–Kier alpha value is -6.32. The molecule has 2 aromatic carbocycles. The predicted octanol–water partition coefficient (Wildman–Crippen LogP) is 6.17. The van der Waals surface area contributed by atoms with Crippen LogP contribution in [-0.2, 0) is 19.1 Å². The highest BCUT2D eigenvalue weighted by molar-refractivity contribution is 5.88. The Bertz CT molecular complexity index is 2290. The fourth-order valence-corrected chi connectivity index (χ4v) is 7.83. The molecule has 3 aromatic heterocycles. The highest BCUT2D eigenvalue weighted by Gasteiger charge is 2.39. The molecule has 0 bridgehead atoms. The van der Waals surface area contributed by atoms with Crippen molar-refractivity contribution >= 4 is 34.9 Å². The molecule has 0 unspecified atom stereocenters. The predicted molar refractivity (Wildman–Crippen MR) is 216 cm³/mol. The third-order valence-electron chi connectivity index (χ3n) is 11.0. The van der Waals surface area contributed by atoms with Gasteiger partial charge in [0.2, 0.25) is 11.8 Å². The molecule has 4 amide bonds. The van der Waals surface area contributed by atoms with Gasteiger partial charge in [0.15, 0.2) is 5.82 Å². The molecule has 304 valence electrons. The van der Waals surface area contributed by atoms with Crippen molar-refractivity contribution in [3.63, 3.8) is 0 Å². The summed E-state index contributed by atoms with van der Waals surface area (Å²) in [5.74, 6) is 1.46. The molecule has 16 heteroatoms. The summed E-state index contributed by atoms with van der Waals surface area (Å²) in [7, 11) is 2.57. The number of hydrogen-bond donors (Lipinski definition) is 4. The molecule has 4 atom stereocenters. The number of nitrogens with one attached hydrogen (secondary N) is 4. The van der Waals surface area contributed by atoms with Crippen LogP contribution in [0.3, 0.4) is 0 Å². The lowest BCUT2D eigenvalue weighted by molar-refractivity contribution is -0.136. The van der Waals surface area contributed by atoms with Crippen molar-refractivity contribution in [1.82, 2.24) is 50.3 Å². The van der Waals surface area contributed by atoms with Crippen LogP contribution in [0, 0.1) is 11.8 Å². The van der Waals surface area contributed by atoms with Crippen molar-refractivity contribution in [2.75, 3.05) is 27.3 Å². The zero-order valence-electron chi connectivity index (χ0n) is 33.6. The number of aromatic amines is 2. The third-order valence-corrected chi connectivity index (χ3v) is 11.0. The summed E-state index contributed by atoms with van der Waals surface area (Å²) < 4.78 is 9.51. The Kier molecular flexibility index (Phi) is 11.7. The van der Waals surface area contributed by atoms with Crippen molar-refractivity contribution in [3.8, 4) is 33.9 Å². The average Bonchev–Trinajstić information content (AvgIpc) is 4.07. The Labute approximate surface area is 336 Å². The van der Waals surface area contributed by atoms with E-state index < -0.39 is 24.3 Å². The topological polar surface area (TPSA) is 200 Å². The van der Waals surface area contributed by atoms with Gasteiger partial charge in [0, 0.05) is 35.8 Å². The van der Waals surface area contributed by atoms with Gasteiger partial charge in [0.1, 0.15) is 23.7 Å². The van der Waals surface area contributed by atoms with E-state index >= 15 is 0 Å². The number of carbonyl (C=O) groups excluding carboxylic acids is 4. The molecule has 2 aliphatic heterocycles. The third kappa shape index (κ3) is 8.22. The van der Waals surface area contributed by atoms with Crippen molar-refractivity contribution in [2.45, 2.75) is 77.5 Å². The Morgan fingerprint density at radius 1 is 0.672 bits per heavy atom. The number of benzene rings is 2. The van der Waals surface area contributed by atoms with Crippen LogP contribution in [0.2, 0.25) is 0 Å². The minimum Gasteiger partial charge on any atom is -0.453 e. The van der Waals surface area contributed by atoms with E-state index in [4.69, 9.17) is 14.5 Å². The quantitative estimate of drug-likeness (QED) is 0.120. The van der Waals surface area contributed by atoms with Gasteiger partial charge in [-0.25, -0.2) is 29.5 Å². The summed E-state index contributed by atoms with van der Waals surface area (Å²) in [6, 6.07) is 12.0. The molecule has 16 nitrogen and oxygen atoms in total. The van der Waals surface area contributed by atoms with E-state index in [2.05, 4.69) is 35.6 Å². The molecule has 7 rings (SSSR count). The second-order valence-electron chi connectivity index (χ2n) is 15.5.